The molecule has 2 aromatic rings. The van der Waals surface area contributed by atoms with Crippen molar-refractivity contribution in [1.29, 1.82) is 0 Å². The summed E-state index contributed by atoms with van der Waals surface area (Å²) in [6, 6.07) is 6.61. The van der Waals surface area contributed by atoms with Crippen LogP contribution in [0.15, 0.2) is 24.3 Å². The summed E-state index contributed by atoms with van der Waals surface area (Å²) < 4.78 is 0. The third kappa shape index (κ3) is 3.75. The molecule has 1 atom stereocenters. The highest BCUT2D eigenvalue weighted by molar-refractivity contribution is 5.71. The summed E-state index contributed by atoms with van der Waals surface area (Å²) in [6.45, 7) is 0.358. The number of nitrogens with zero attached hydrogens (tertiary/aromatic N) is 3. The number of aliphatic hydroxyl groups is 1. The molecule has 0 aliphatic carbocycles. The fraction of sp³-hybridized carbons (Fsp3) is 0.273. The van der Waals surface area contributed by atoms with E-state index in [2.05, 4.69) is 25.9 Å². The summed E-state index contributed by atoms with van der Waals surface area (Å²) in [7, 11) is 0. The molecule has 2 rings (SSSR count). The minimum Gasteiger partial charge on any atom is -0.388 e. The standard InChI is InChI=1S/C11H14N6O2/c12-11(19)13-6-7-1-3-8(4-2-7)9(18)5-10-14-16-17-15-10/h1-4,9,18H,5-6H2,(H3,12,13,19)(H,14,15,16,17). The van der Waals surface area contributed by atoms with Gasteiger partial charge in [0.25, 0.3) is 0 Å². The number of H-pyrrole nitrogens is 1. The number of amides is 2. The minimum atomic E-state index is -0.698. The first kappa shape index (κ1) is 13.0. The molecule has 0 saturated heterocycles. The molecule has 1 heterocycles. The van der Waals surface area contributed by atoms with Crippen LogP contribution in [0.5, 0.6) is 0 Å². The highest BCUT2D eigenvalue weighted by Gasteiger charge is 2.11. The number of nitrogens with two attached hydrogens (primary N) is 1. The molecule has 0 aliphatic heterocycles. The number of primary amides is 1. The van der Waals surface area contributed by atoms with Crippen LogP contribution in [0.4, 0.5) is 4.79 Å². The fourth-order valence-corrected chi connectivity index (χ4v) is 1.61. The van der Waals surface area contributed by atoms with Crippen molar-refractivity contribution < 1.29 is 9.90 Å². The van der Waals surface area contributed by atoms with Gasteiger partial charge in [0.05, 0.1) is 6.10 Å². The fourth-order valence-electron chi connectivity index (χ4n) is 1.61. The van der Waals surface area contributed by atoms with Gasteiger partial charge in [0.1, 0.15) is 0 Å². The van der Waals surface area contributed by atoms with Gasteiger partial charge in [0.15, 0.2) is 5.82 Å². The number of aliphatic hydroxyl groups excluding tert-OH is 1. The van der Waals surface area contributed by atoms with Crippen molar-refractivity contribution in [2.24, 2.45) is 5.73 Å². The Kier molecular flexibility index (Phi) is 4.04. The number of urea groups is 1. The summed E-state index contributed by atoms with van der Waals surface area (Å²) in [4.78, 5) is 10.6. The van der Waals surface area contributed by atoms with Gasteiger partial charge in [-0.1, -0.05) is 29.5 Å². The Bertz CT molecular complexity index is 525. The van der Waals surface area contributed by atoms with E-state index in [1.54, 1.807) is 12.1 Å². The molecule has 0 bridgehead atoms. The Morgan fingerprint density at radius 1 is 1.42 bits per heavy atom. The van der Waals surface area contributed by atoms with Crippen LogP contribution in [-0.4, -0.2) is 31.8 Å². The Labute approximate surface area is 109 Å². The maximum absolute atomic E-state index is 10.6. The van der Waals surface area contributed by atoms with Crippen molar-refractivity contribution in [1.82, 2.24) is 25.9 Å². The average Bonchev–Trinajstić information content (AvgIpc) is 2.89. The van der Waals surface area contributed by atoms with Crippen molar-refractivity contribution in [2.45, 2.75) is 19.1 Å². The Balaban J connectivity index is 1.95. The van der Waals surface area contributed by atoms with Crippen LogP contribution < -0.4 is 11.1 Å². The van der Waals surface area contributed by atoms with Crippen LogP contribution >= 0.6 is 0 Å². The zero-order valence-electron chi connectivity index (χ0n) is 10.1. The molecule has 100 valence electrons. The SMILES string of the molecule is NC(=O)NCc1ccc(C(O)Cc2nn[nH]n2)cc1. The first-order valence-corrected chi connectivity index (χ1v) is 5.67. The summed E-state index contributed by atoms with van der Waals surface area (Å²) in [5.41, 5.74) is 6.62. The molecular weight excluding hydrogens is 248 g/mol. The second-order valence-electron chi connectivity index (χ2n) is 4.01. The predicted molar refractivity (Wildman–Crippen MR) is 65.7 cm³/mol. The van der Waals surface area contributed by atoms with Gasteiger partial charge in [-0.3, -0.25) is 0 Å². The average molecular weight is 262 g/mol. The maximum atomic E-state index is 10.6. The smallest absolute Gasteiger partial charge is 0.312 e. The Morgan fingerprint density at radius 2 is 2.16 bits per heavy atom. The summed E-state index contributed by atoms with van der Waals surface area (Å²) in [5, 5.41) is 25.8. The monoisotopic (exact) mass is 262 g/mol. The lowest BCUT2D eigenvalue weighted by atomic mass is 10.0. The van der Waals surface area contributed by atoms with E-state index in [1.165, 1.54) is 0 Å². The van der Waals surface area contributed by atoms with Crippen molar-refractivity contribution in [3.63, 3.8) is 0 Å². The maximum Gasteiger partial charge on any atom is 0.312 e. The molecule has 1 aromatic heterocycles. The number of nitrogens with one attached hydrogen (secondary N) is 2. The van der Waals surface area contributed by atoms with E-state index < -0.39 is 12.1 Å². The topological polar surface area (TPSA) is 130 Å². The lowest BCUT2D eigenvalue weighted by molar-refractivity contribution is 0.176. The number of benzene rings is 1. The van der Waals surface area contributed by atoms with E-state index >= 15 is 0 Å². The van der Waals surface area contributed by atoms with Gasteiger partial charge in [-0.2, -0.15) is 5.21 Å². The van der Waals surface area contributed by atoms with E-state index in [-0.39, 0.29) is 6.42 Å². The van der Waals surface area contributed by atoms with E-state index in [1.807, 2.05) is 12.1 Å². The molecule has 1 unspecified atom stereocenters. The first-order chi connectivity index (χ1) is 9.15. The largest absolute Gasteiger partial charge is 0.388 e. The molecule has 0 saturated carbocycles. The number of tetrazole rings is 1. The Hall–Kier alpha value is -2.48. The molecule has 0 aliphatic rings. The molecule has 19 heavy (non-hydrogen) atoms. The molecule has 0 radical (unpaired) electrons. The number of aromatic nitrogens is 4. The number of rotatable bonds is 5. The van der Waals surface area contributed by atoms with Crippen LogP contribution in [0.3, 0.4) is 0 Å². The molecule has 8 heteroatoms. The quantitative estimate of drug-likeness (QED) is 0.585. The number of hydrogen-bond donors (Lipinski definition) is 4. The van der Waals surface area contributed by atoms with E-state index in [4.69, 9.17) is 5.73 Å². The van der Waals surface area contributed by atoms with Crippen molar-refractivity contribution in [2.75, 3.05) is 0 Å². The third-order valence-corrected chi connectivity index (χ3v) is 2.60. The van der Waals surface area contributed by atoms with Gasteiger partial charge in [0.2, 0.25) is 0 Å². The highest BCUT2D eigenvalue weighted by Crippen LogP contribution is 2.16. The molecule has 1 aromatic carbocycles. The molecular formula is C11H14N6O2. The van der Waals surface area contributed by atoms with Gasteiger partial charge in [0, 0.05) is 13.0 Å². The molecule has 8 nitrogen and oxygen atoms in total. The van der Waals surface area contributed by atoms with Crippen LogP contribution in [0, 0.1) is 0 Å². The molecule has 2 amide bonds. The second-order valence-corrected chi connectivity index (χ2v) is 4.01. The van der Waals surface area contributed by atoms with Gasteiger partial charge >= 0.3 is 6.03 Å². The van der Waals surface area contributed by atoms with Crippen LogP contribution in [0.1, 0.15) is 23.1 Å². The lowest BCUT2D eigenvalue weighted by Crippen LogP contribution is -2.28. The molecule has 5 N–H and O–H groups in total. The van der Waals surface area contributed by atoms with Crippen LogP contribution in [0.2, 0.25) is 0 Å². The van der Waals surface area contributed by atoms with Crippen molar-refractivity contribution >= 4 is 6.03 Å². The normalized spacial score (nSPS) is 12.1. The van der Waals surface area contributed by atoms with Crippen molar-refractivity contribution in [3.8, 4) is 0 Å². The second kappa shape index (κ2) is 5.91. The first-order valence-electron chi connectivity index (χ1n) is 5.67. The number of carbonyl (C=O) groups excluding carboxylic acids is 1. The zero-order valence-corrected chi connectivity index (χ0v) is 10.1. The van der Waals surface area contributed by atoms with E-state index in [0.29, 0.717) is 12.4 Å². The zero-order chi connectivity index (χ0) is 13.7. The highest BCUT2D eigenvalue weighted by atomic mass is 16.3. The van der Waals surface area contributed by atoms with Gasteiger partial charge in [-0.05, 0) is 11.1 Å². The van der Waals surface area contributed by atoms with Crippen molar-refractivity contribution in [3.05, 3.63) is 41.2 Å². The van der Waals surface area contributed by atoms with Crippen LogP contribution in [0.25, 0.3) is 0 Å². The molecule has 0 fully saturated rings. The number of carbonyl (C=O) groups is 1. The number of hydrogen-bond acceptors (Lipinski definition) is 5. The van der Waals surface area contributed by atoms with Crippen LogP contribution in [-0.2, 0) is 13.0 Å². The van der Waals surface area contributed by atoms with E-state index in [0.717, 1.165) is 11.1 Å². The summed E-state index contributed by atoms with van der Waals surface area (Å²) >= 11 is 0. The van der Waals surface area contributed by atoms with Gasteiger partial charge in [-0.25, -0.2) is 4.79 Å². The van der Waals surface area contributed by atoms with Gasteiger partial charge < -0.3 is 16.2 Å². The third-order valence-electron chi connectivity index (χ3n) is 2.60. The summed E-state index contributed by atoms with van der Waals surface area (Å²) in [6.07, 6.45) is -0.411. The van der Waals surface area contributed by atoms with Gasteiger partial charge in [-0.15, -0.1) is 10.2 Å². The van der Waals surface area contributed by atoms with E-state index in [9.17, 15) is 9.90 Å². The predicted octanol–water partition coefficient (Wildman–Crippen LogP) is -0.356. The lowest BCUT2D eigenvalue weighted by Gasteiger charge is -2.09. The molecule has 0 spiro atoms. The Morgan fingerprint density at radius 3 is 2.74 bits per heavy atom. The minimum absolute atomic E-state index is 0.287. The summed E-state index contributed by atoms with van der Waals surface area (Å²) in [5.74, 6) is 0.451. The number of aromatic amines is 1.